The van der Waals surface area contributed by atoms with Crippen LogP contribution in [-0.4, -0.2) is 74.1 Å². The van der Waals surface area contributed by atoms with E-state index in [9.17, 15) is 19.5 Å². The Bertz CT molecular complexity index is 778. The Hall–Kier alpha value is -1.39. The van der Waals surface area contributed by atoms with Crippen LogP contribution in [0.5, 0.6) is 5.75 Å². The number of esters is 1. The molecule has 0 aliphatic carbocycles. The van der Waals surface area contributed by atoms with Crippen LogP contribution in [0, 0.1) is 0 Å². The molecule has 1 aromatic carbocycles. The van der Waals surface area contributed by atoms with Crippen LogP contribution < -0.4 is 10.1 Å². The number of fused-ring (bicyclic) bond motifs is 1. The van der Waals surface area contributed by atoms with Crippen molar-refractivity contribution in [2.24, 2.45) is 0 Å². The molecule has 2 unspecified atom stereocenters. The molecule has 29 heavy (non-hydrogen) atoms. The van der Waals surface area contributed by atoms with Gasteiger partial charge in [0, 0.05) is 5.75 Å². The number of carbonyl (C=O) groups is 3. The first kappa shape index (κ1) is 22.3. The summed E-state index contributed by atoms with van der Waals surface area (Å²) in [5.41, 5.74) is 0. The van der Waals surface area contributed by atoms with E-state index in [0.717, 1.165) is 0 Å². The zero-order valence-corrected chi connectivity index (χ0v) is 17.9. The van der Waals surface area contributed by atoms with Crippen LogP contribution >= 0.6 is 46.6 Å². The molecule has 1 aromatic rings. The molecule has 12 heteroatoms. The predicted molar refractivity (Wildman–Crippen MR) is 108 cm³/mol. The van der Waals surface area contributed by atoms with Gasteiger partial charge in [0.05, 0.1) is 6.10 Å². The number of ether oxygens (including phenoxy) is 2. The van der Waals surface area contributed by atoms with Crippen molar-refractivity contribution in [2.45, 2.75) is 27.4 Å². The number of hydrogen-bond donors (Lipinski definition) is 2. The number of nitrogens with one attached hydrogen (secondary N) is 1. The number of β-lactam (4-membered cyclic amide) rings is 1. The highest BCUT2D eigenvalue weighted by molar-refractivity contribution is 8.00. The van der Waals surface area contributed by atoms with Gasteiger partial charge in [-0.25, -0.2) is 4.79 Å². The van der Waals surface area contributed by atoms with Gasteiger partial charge in [0.15, 0.2) is 12.6 Å². The Morgan fingerprint density at radius 2 is 1.97 bits per heavy atom. The van der Waals surface area contributed by atoms with E-state index in [2.05, 4.69) is 5.32 Å². The molecule has 0 spiro atoms. The minimum Gasteiger partial charge on any atom is -0.484 e. The molecule has 0 aromatic heterocycles. The van der Waals surface area contributed by atoms with Crippen molar-refractivity contribution in [1.29, 1.82) is 0 Å². The van der Waals surface area contributed by atoms with Gasteiger partial charge in [-0.05, 0) is 12.1 Å². The second-order valence-electron chi connectivity index (χ2n) is 6.35. The number of aliphatic hydroxyl groups is 1. The second kappa shape index (κ2) is 9.18. The molecule has 0 saturated carbocycles. The summed E-state index contributed by atoms with van der Waals surface area (Å²) in [5.74, 6) is -1.16. The van der Waals surface area contributed by atoms with Crippen molar-refractivity contribution in [3.8, 4) is 5.75 Å². The monoisotopic (exact) mass is 482 g/mol. The largest absolute Gasteiger partial charge is 0.484 e. The molecule has 0 radical (unpaired) electrons. The number of alkyl halides is 3. The van der Waals surface area contributed by atoms with Crippen LogP contribution in [0.15, 0.2) is 30.3 Å². The summed E-state index contributed by atoms with van der Waals surface area (Å²) in [5, 5.41) is 12.2. The number of amides is 2. The van der Waals surface area contributed by atoms with E-state index in [1.54, 1.807) is 24.3 Å². The molecule has 4 atom stereocenters. The lowest BCUT2D eigenvalue weighted by Crippen LogP contribution is -2.77. The molecule has 2 saturated heterocycles. The van der Waals surface area contributed by atoms with Crippen molar-refractivity contribution in [3.63, 3.8) is 0 Å². The summed E-state index contributed by atoms with van der Waals surface area (Å²) in [6, 6.07) is 6.71. The smallest absolute Gasteiger partial charge is 0.331 e. The van der Waals surface area contributed by atoms with E-state index in [1.165, 1.54) is 16.7 Å². The molecule has 3 rings (SSSR count). The summed E-state index contributed by atoms with van der Waals surface area (Å²) in [6.07, 6.45) is -1.14. The van der Waals surface area contributed by atoms with Crippen LogP contribution in [0.3, 0.4) is 0 Å². The SMILES string of the molecule is O=C(COc1ccccc1)N[C@@H]1C(=O)N2C(C(=O)OCC(Cl)(Cl)Cl)C(O)CS[C@H]12. The summed E-state index contributed by atoms with van der Waals surface area (Å²) >= 11 is 17.9. The van der Waals surface area contributed by atoms with Crippen LogP contribution in [0.25, 0.3) is 0 Å². The van der Waals surface area contributed by atoms with Crippen molar-refractivity contribution in [3.05, 3.63) is 30.3 Å². The fourth-order valence-corrected chi connectivity index (χ4v) is 4.47. The third-order valence-corrected chi connectivity index (χ3v) is 5.93. The van der Waals surface area contributed by atoms with Gasteiger partial charge in [-0.1, -0.05) is 53.0 Å². The molecule has 2 N–H and O–H groups in total. The average molecular weight is 484 g/mol. The fraction of sp³-hybridized carbons (Fsp3) is 0.471. The predicted octanol–water partition coefficient (Wildman–Crippen LogP) is 1.11. The molecule has 2 heterocycles. The molecule has 2 amide bonds. The molecule has 2 aliphatic heterocycles. The quantitative estimate of drug-likeness (QED) is 0.355. The minimum atomic E-state index is -1.81. The van der Waals surface area contributed by atoms with Gasteiger partial charge in [-0.2, -0.15) is 0 Å². The average Bonchev–Trinajstić information content (AvgIpc) is 2.68. The van der Waals surface area contributed by atoms with Gasteiger partial charge in [-0.3, -0.25) is 9.59 Å². The number of benzene rings is 1. The van der Waals surface area contributed by atoms with Crippen LogP contribution in [0.1, 0.15) is 0 Å². The van der Waals surface area contributed by atoms with Gasteiger partial charge in [0.1, 0.15) is 23.8 Å². The highest BCUT2D eigenvalue weighted by atomic mass is 35.6. The third-order valence-electron chi connectivity index (χ3n) is 4.23. The van der Waals surface area contributed by atoms with E-state index in [0.29, 0.717) is 5.75 Å². The summed E-state index contributed by atoms with van der Waals surface area (Å²) in [6.45, 7) is -0.779. The number of thioether (sulfide) groups is 1. The van der Waals surface area contributed by atoms with Crippen LogP contribution in [0.2, 0.25) is 0 Å². The standard InChI is InChI=1S/C17H17Cl3N2O6S/c18-17(19,20)8-28-16(26)13-10(23)7-29-15-12(14(25)22(13)15)21-11(24)6-27-9-4-2-1-3-5-9/h1-5,10,12-13,15,23H,6-8H2,(H,21,24)/t10?,12-,13?,15-/m1/s1. The lowest BCUT2D eigenvalue weighted by molar-refractivity contribution is -0.171. The number of rotatable bonds is 6. The molecular weight excluding hydrogens is 467 g/mol. The van der Waals surface area contributed by atoms with Crippen molar-refractivity contribution in [1.82, 2.24) is 10.2 Å². The van der Waals surface area contributed by atoms with Crippen LogP contribution in [0.4, 0.5) is 0 Å². The Labute approximate surface area is 185 Å². The zero-order valence-electron chi connectivity index (χ0n) is 14.8. The van der Waals surface area contributed by atoms with Crippen LogP contribution in [-0.2, 0) is 19.1 Å². The first-order valence-corrected chi connectivity index (χ1v) is 10.7. The van der Waals surface area contributed by atoms with E-state index in [1.807, 2.05) is 6.07 Å². The Kier molecular flexibility index (Phi) is 7.06. The number of halogens is 3. The van der Waals surface area contributed by atoms with E-state index in [-0.39, 0.29) is 12.4 Å². The van der Waals surface area contributed by atoms with Gasteiger partial charge in [0.25, 0.3) is 5.91 Å². The molecule has 0 bridgehead atoms. The van der Waals surface area contributed by atoms with E-state index >= 15 is 0 Å². The summed E-state index contributed by atoms with van der Waals surface area (Å²) in [4.78, 5) is 38.2. The van der Waals surface area contributed by atoms with Gasteiger partial charge in [-0.15, -0.1) is 11.8 Å². The maximum absolute atomic E-state index is 12.5. The highest BCUT2D eigenvalue weighted by Crippen LogP contribution is 2.39. The lowest BCUT2D eigenvalue weighted by atomic mass is 9.99. The third kappa shape index (κ3) is 5.40. The number of carbonyl (C=O) groups excluding carboxylic acids is 3. The molecule has 158 valence electrons. The molecule has 2 fully saturated rings. The maximum Gasteiger partial charge on any atom is 0.331 e. The van der Waals surface area contributed by atoms with Gasteiger partial charge >= 0.3 is 5.97 Å². The lowest BCUT2D eigenvalue weighted by Gasteiger charge is -2.53. The van der Waals surface area contributed by atoms with Crippen molar-refractivity contribution >= 4 is 64.3 Å². The summed E-state index contributed by atoms with van der Waals surface area (Å²) in [7, 11) is 0. The topological polar surface area (TPSA) is 105 Å². The zero-order chi connectivity index (χ0) is 21.2. The van der Waals surface area contributed by atoms with Crippen molar-refractivity contribution < 1.29 is 29.0 Å². The fourth-order valence-electron chi connectivity index (χ4n) is 2.95. The van der Waals surface area contributed by atoms with E-state index < -0.39 is 51.7 Å². The number of nitrogens with zero attached hydrogens (tertiary/aromatic N) is 1. The Morgan fingerprint density at radius 1 is 1.28 bits per heavy atom. The number of para-hydroxylation sites is 1. The van der Waals surface area contributed by atoms with E-state index in [4.69, 9.17) is 44.3 Å². The molecule has 2 aliphatic rings. The molecular formula is C17H17Cl3N2O6S. The first-order valence-electron chi connectivity index (χ1n) is 8.50. The Balaban J connectivity index is 1.56. The van der Waals surface area contributed by atoms with Crippen molar-refractivity contribution in [2.75, 3.05) is 19.0 Å². The molecule has 8 nitrogen and oxygen atoms in total. The highest BCUT2D eigenvalue weighted by Gasteiger charge is 2.58. The van der Waals surface area contributed by atoms with Gasteiger partial charge < -0.3 is 24.8 Å². The normalized spacial score (nSPS) is 26.2. The first-order chi connectivity index (χ1) is 13.7. The Morgan fingerprint density at radius 3 is 2.62 bits per heavy atom. The second-order valence-corrected chi connectivity index (χ2v) is 10.0. The van der Waals surface area contributed by atoms with Gasteiger partial charge in [0.2, 0.25) is 9.70 Å². The number of hydrogen-bond acceptors (Lipinski definition) is 7. The number of aliphatic hydroxyl groups excluding tert-OH is 1. The maximum atomic E-state index is 12.5. The summed E-state index contributed by atoms with van der Waals surface area (Å²) < 4.78 is 8.46. The minimum absolute atomic E-state index is 0.175.